The molecule has 3 rings (SSSR count). The lowest BCUT2D eigenvalue weighted by Gasteiger charge is -2.10. The predicted octanol–water partition coefficient (Wildman–Crippen LogP) is 2.84. The molecular formula is C16H16N4O2. The summed E-state index contributed by atoms with van der Waals surface area (Å²) in [5.41, 5.74) is 3.22. The van der Waals surface area contributed by atoms with E-state index in [2.05, 4.69) is 15.5 Å². The molecule has 0 unspecified atom stereocenters. The van der Waals surface area contributed by atoms with E-state index in [0.717, 1.165) is 16.6 Å². The minimum absolute atomic E-state index is 0.414. The highest BCUT2D eigenvalue weighted by Gasteiger charge is 2.13. The fraction of sp³-hybridized carbons (Fsp3) is 0.188. The molecule has 6 heteroatoms. The Morgan fingerprint density at radius 1 is 1.18 bits per heavy atom. The van der Waals surface area contributed by atoms with Crippen molar-refractivity contribution in [2.24, 2.45) is 0 Å². The van der Waals surface area contributed by atoms with Crippen LogP contribution in [0.4, 0.5) is 4.79 Å². The summed E-state index contributed by atoms with van der Waals surface area (Å²) in [7, 11) is 0. The maximum atomic E-state index is 11.7. The van der Waals surface area contributed by atoms with Gasteiger partial charge in [-0.15, -0.1) is 15.0 Å². The minimum atomic E-state index is -0.496. The molecule has 0 atom stereocenters. The quantitative estimate of drug-likeness (QED) is 0.807. The molecule has 0 bridgehead atoms. The Morgan fingerprint density at radius 3 is 2.50 bits per heavy atom. The second kappa shape index (κ2) is 5.85. The van der Waals surface area contributed by atoms with E-state index in [1.54, 1.807) is 6.07 Å². The summed E-state index contributed by atoms with van der Waals surface area (Å²) in [6, 6.07) is 13.1. The number of aryl methyl sites for hydroxylation is 1. The topological polar surface area (TPSA) is 69.0 Å². The van der Waals surface area contributed by atoms with Gasteiger partial charge in [0, 0.05) is 6.54 Å². The molecular weight excluding hydrogens is 280 g/mol. The maximum Gasteiger partial charge on any atom is 0.412 e. The lowest BCUT2D eigenvalue weighted by Crippen LogP contribution is -2.26. The molecule has 112 valence electrons. The van der Waals surface area contributed by atoms with E-state index in [4.69, 9.17) is 4.74 Å². The summed E-state index contributed by atoms with van der Waals surface area (Å²) in [4.78, 5) is 13.2. The Kier molecular flexibility index (Phi) is 3.74. The Bertz CT molecular complexity index is 793. The van der Waals surface area contributed by atoms with Crippen LogP contribution in [0.25, 0.3) is 16.7 Å². The van der Waals surface area contributed by atoms with Gasteiger partial charge in [-0.2, -0.15) is 0 Å². The number of ether oxygens (including phenoxy) is 1. The van der Waals surface area contributed by atoms with Crippen molar-refractivity contribution in [3.05, 3.63) is 48.0 Å². The number of carbonyl (C=O) groups excluding carboxylic acids is 1. The van der Waals surface area contributed by atoms with Crippen molar-refractivity contribution < 1.29 is 9.53 Å². The molecule has 0 spiro atoms. The third-order valence-electron chi connectivity index (χ3n) is 3.14. The van der Waals surface area contributed by atoms with Crippen molar-refractivity contribution in [1.82, 2.24) is 20.3 Å². The largest absolute Gasteiger partial charge is 0.412 e. The summed E-state index contributed by atoms with van der Waals surface area (Å²) >= 11 is 0. The molecule has 6 nitrogen and oxygen atoms in total. The molecule has 0 aliphatic heterocycles. The average molecular weight is 296 g/mol. The standard InChI is InChI=1S/C16H16N4O2/c1-3-17-16(21)22-15-9-8-11(2)10-14(15)20-18-12-6-4-5-7-13(12)19-20/h4-10H,3H2,1-2H3,(H,17,21). The van der Waals surface area contributed by atoms with Gasteiger partial charge in [-0.05, 0) is 43.7 Å². The first kappa shape index (κ1) is 14.1. The monoisotopic (exact) mass is 296 g/mol. The Hall–Kier alpha value is -2.89. The van der Waals surface area contributed by atoms with Gasteiger partial charge in [-0.25, -0.2) is 4.79 Å². The molecule has 3 aromatic rings. The number of nitrogens with one attached hydrogen (secondary N) is 1. The van der Waals surface area contributed by atoms with Crippen LogP contribution in [0.2, 0.25) is 0 Å². The van der Waals surface area contributed by atoms with Gasteiger partial charge in [-0.1, -0.05) is 18.2 Å². The summed E-state index contributed by atoms with van der Waals surface area (Å²) in [6.07, 6.45) is -0.496. The SMILES string of the molecule is CCNC(=O)Oc1ccc(C)cc1-n1nc2ccccc2n1. The van der Waals surface area contributed by atoms with Gasteiger partial charge >= 0.3 is 6.09 Å². The van der Waals surface area contributed by atoms with E-state index >= 15 is 0 Å². The number of hydrogen-bond donors (Lipinski definition) is 1. The van der Waals surface area contributed by atoms with Crippen LogP contribution >= 0.6 is 0 Å². The zero-order valence-electron chi connectivity index (χ0n) is 12.4. The molecule has 0 saturated carbocycles. The molecule has 1 amide bonds. The van der Waals surface area contributed by atoms with Crippen LogP contribution in [-0.4, -0.2) is 27.6 Å². The van der Waals surface area contributed by atoms with Gasteiger partial charge in [0.2, 0.25) is 0 Å². The first-order valence-electron chi connectivity index (χ1n) is 7.06. The third kappa shape index (κ3) is 2.76. The predicted molar refractivity (Wildman–Crippen MR) is 83.3 cm³/mol. The lowest BCUT2D eigenvalue weighted by molar-refractivity contribution is 0.201. The minimum Gasteiger partial charge on any atom is -0.408 e. The van der Waals surface area contributed by atoms with Crippen LogP contribution in [0.3, 0.4) is 0 Å². The van der Waals surface area contributed by atoms with Crippen LogP contribution < -0.4 is 10.1 Å². The van der Waals surface area contributed by atoms with E-state index in [0.29, 0.717) is 18.0 Å². The van der Waals surface area contributed by atoms with Crippen molar-refractivity contribution >= 4 is 17.1 Å². The van der Waals surface area contributed by atoms with E-state index < -0.39 is 6.09 Å². The number of amides is 1. The molecule has 22 heavy (non-hydrogen) atoms. The Morgan fingerprint density at radius 2 is 1.86 bits per heavy atom. The van der Waals surface area contributed by atoms with E-state index in [9.17, 15) is 4.79 Å². The van der Waals surface area contributed by atoms with Gasteiger partial charge < -0.3 is 10.1 Å². The van der Waals surface area contributed by atoms with Crippen LogP contribution in [0.5, 0.6) is 5.75 Å². The van der Waals surface area contributed by atoms with Crippen molar-refractivity contribution in [2.75, 3.05) is 6.54 Å². The molecule has 0 aliphatic carbocycles. The van der Waals surface area contributed by atoms with Gasteiger partial charge in [0.1, 0.15) is 16.7 Å². The maximum absolute atomic E-state index is 11.7. The molecule has 1 N–H and O–H groups in total. The molecule has 0 fully saturated rings. The van der Waals surface area contributed by atoms with Crippen LogP contribution in [-0.2, 0) is 0 Å². The fourth-order valence-corrected chi connectivity index (χ4v) is 2.12. The highest BCUT2D eigenvalue weighted by atomic mass is 16.6. The number of nitrogens with zero attached hydrogens (tertiary/aromatic N) is 3. The van der Waals surface area contributed by atoms with Gasteiger partial charge in [0.25, 0.3) is 0 Å². The number of aromatic nitrogens is 3. The second-order valence-electron chi connectivity index (χ2n) is 4.87. The second-order valence-corrected chi connectivity index (χ2v) is 4.87. The van der Waals surface area contributed by atoms with Crippen LogP contribution in [0.1, 0.15) is 12.5 Å². The molecule has 1 heterocycles. The number of hydrogen-bond acceptors (Lipinski definition) is 4. The van der Waals surface area contributed by atoms with Crippen molar-refractivity contribution in [2.45, 2.75) is 13.8 Å². The number of fused-ring (bicyclic) bond motifs is 1. The zero-order valence-corrected chi connectivity index (χ0v) is 12.4. The van der Waals surface area contributed by atoms with Gasteiger partial charge in [0.05, 0.1) is 0 Å². The van der Waals surface area contributed by atoms with E-state index in [1.807, 2.05) is 50.2 Å². The number of benzene rings is 2. The lowest BCUT2D eigenvalue weighted by atomic mass is 10.2. The molecule has 0 saturated heterocycles. The number of carbonyl (C=O) groups is 1. The molecule has 2 aromatic carbocycles. The highest BCUT2D eigenvalue weighted by Crippen LogP contribution is 2.24. The van der Waals surface area contributed by atoms with Crippen LogP contribution in [0, 0.1) is 6.92 Å². The summed E-state index contributed by atoms with van der Waals surface area (Å²) in [6.45, 7) is 4.30. The zero-order chi connectivity index (χ0) is 15.5. The van der Waals surface area contributed by atoms with E-state index in [-0.39, 0.29) is 0 Å². The molecule has 1 aromatic heterocycles. The van der Waals surface area contributed by atoms with E-state index in [1.165, 1.54) is 4.80 Å². The summed E-state index contributed by atoms with van der Waals surface area (Å²) in [5, 5.41) is 11.5. The number of rotatable bonds is 3. The molecule has 0 aliphatic rings. The normalized spacial score (nSPS) is 10.6. The first-order valence-corrected chi connectivity index (χ1v) is 7.06. The van der Waals surface area contributed by atoms with Gasteiger partial charge in [-0.3, -0.25) is 0 Å². The molecule has 0 radical (unpaired) electrons. The highest BCUT2D eigenvalue weighted by molar-refractivity contribution is 5.74. The fourth-order valence-electron chi connectivity index (χ4n) is 2.12. The third-order valence-corrected chi connectivity index (χ3v) is 3.14. The van der Waals surface area contributed by atoms with Crippen LogP contribution in [0.15, 0.2) is 42.5 Å². The average Bonchev–Trinajstić information content (AvgIpc) is 2.93. The smallest absolute Gasteiger partial charge is 0.408 e. The Balaban J connectivity index is 2.04. The summed E-state index contributed by atoms with van der Waals surface area (Å²) in [5.74, 6) is 0.414. The van der Waals surface area contributed by atoms with Gasteiger partial charge in [0.15, 0.2) is 5.75 Å². The van der Waals surface area contributed by atoms with Crippen molar-refractivity contribution in [1.29, 1.82) is 0 Å². The Labute approximate surface area is 127 Å². The van der Waals surface area contributed by atoms with Crippen molar-refractivity contribution in [3.8, 4) is 11.4 Å². The summed E-state index contributed by atoms with van der Waals surface area (Å²) < 4.78 is 5.34. The first-order chi connectivity index (χ1) is 10.7. The van der Waals surface area contributed by atoms with Crippen molar-refractivity contribution in [3.63, 3.8) is 0 Å².